The summed E-state index contributed by atoms with van der Waals surface area (Å²) in [6.07, 6.45) is 9.12. The normalized spacial score (nSPS) is 11.3. The second-order valence-electron chi connectivity index (χ2n) is 5.38. The molecule has 3 nitrogen and oxygen atoms in total. The average Bonchev–Trinajstić information content (AvgIpc) is 2.73. The van der Waals surface area contributed by atoms with Crippen LogP contribution in [0.1, 0.15) is 51.9 Å². The van der Waals surface area contributed by atoms with Crippen molar-refractivity contribution in [3.63, 3.8) is 0 Å². The minimum Gasteiger partial charge on any atom is -0.369 e. The van der Waals surface area contributed by atoms with Gasteiger partial charge in [-0.2, -0.15) is 0 Å². The number of hydrogen-bond donors (Lipinski definition) is 1. The number of nitrogens with two attached hydrogens (primary N) is 1. The van der Waals surface area contributed by atoms with E-state index in [4.69, 9.17) is 17.3 Å². The summed E-state index contributed by atoms with van der Waals surface area (Å²) in [5, 5.41) is 0.707. The number of imidazole rings is 1. The molecule has 1 aromatic carbocycles. The lowest BCUT2D eigenvalue weighted by Crippen LogP contribution is -2.03. The van der Waals surface area contributed by atoms with Crippen LogP contribution in [0.3, 0.4) is 0 Å². The van der Waals surface area contributed by atoms with E-state index in [1.54, 1.807) is 0 Å². The van der Waals surface area contributed by atoms with Crippen molar-refractivity contribution < 1.29 is 0 Å². The molecule has 0 spiro atoms. The molecule has 0 aliphatic carbocycles. The molecule has 4 heteroatoms. The van der Waals surface area contributed by atoms with Gasteiger partial charge in [-0.25, -0.2) is 4.98 Å². The van der Waals surface area contributed by atoms with E-state index in [1.807, 2.05) is 18.2 Å². The highest BCUT2D eigenvalue weighted by Gasteiger charge is 2.07. The fourth-order valence-corrected chi connectivity index (χ4v) is 2.75. The first-order valence-electron chi connectivity index (χ1n) is 7.63. The van der Waals surface area contributed by atoms with Crippen LogP contribution >= 0.6 is 11.6 Å². The summed E-state index contributed by atoms with van der Waals surface area (Å²) in [5.41, 5.74) is 7.96. The van der Waals surface area contributed by atoms with Gasteiger partial charge in [0.25, 0.3) is 0 Å². The zero-order valence-electron chi connectivity index (χ0n) is 12.2. The number of fused-ring (bicyclic) bond motifs is 1. The minimum absolute atomic E-state index is 0.591. The molecule has 1 aromatic heterocycles. The molecule has 0 saturated carbocycles. The highest BCUT2D eigenvalue weighted by molar-refractivity contribution is 6.31. The molecule has 0 bridgehead atoms. The molecule has 0 fully saturated rings. The lowest BCUT2D eigenvalue weighted by atomic mass is 10.1. The van der Waals surface area contributed by atoms with Crippen molar-refractivity contribution in [3.05, 3.63) is 23.2 Å². The third-order valence-corrected chi connectivity index (χ3v) is 3.96. The molecule has 2 N–H and O–H groups in total. The lowest BCUT2D eigenvalue weighted by molar-refractivity contribution is 0.557. The first kappa shape index (κ1) is 15.2. The maximum Gasteiger partial charge on any atom is 0.201 e. The molecule has 0 aliphatic rings. The smallest absolute Gasteiger partial charge is 0.201 e. The van der Waals surface area contributed by atoms with E-state index in [0.717, 1.165) is 24.0 Å². The Kier molecular flexibility index (Phi) is 5.72. The van der Waals surface area contributed by atoms with Gasteiger partial charge in [0.05, 0.1) is 11.0 Å². The molecule has 2 rings (SSSR count). The third kappa shape index (κ3) is 3.89. The van der Waals surface area contributed by atoms with Crippen LogP contribution in [-0.4, -0.2) is 9.55 Å². The Morgan fingerprint density at radius 2 is 1.80 bits per heavy atom. The van der Waals surface area contributed by atoms with E-state index >= 15 is 0 Å². The van der Waals surface area contributed by atoms with E-state index in [9.17, 15) is 0 Å². The van der Waals surface area contributed by atoms with E-state index in [0.29, 0.717) is 11.0 Å². The SMILES string of the molecule is CCCCCCCCCn1c(N)nc2cc(Cl)ccc21. The molecule has 1 heterocycles. The molecule has 0 saturated heterocycles. The van der Waals surface area contributed by atoms with Crippen LogP contribution in [0.4, 0.5) is 5.95 Å². The van der Waals surface area contributed by atoms with Gasteiger partial charge in [-0.1, -0.05) is 57.0 Å². The maximum atomic E-state index is 5.99. The van der Waals surface area contributed by atoms with E-state index < -0.39 is 0 Å². The van der Waals surface area contributed by atoms with Gasteiger partial charge in [-0.3, -0.25) is 0 Å². The summed E-state index contributed by atoms with van der Waals surface area (Å²) in [6, 6.07) is 5.77. The zero-order chi connectivity index (χ0) is 14.4. The van der Waals surface area contributed by atoms with Crippen molar-refractivity contribution in [2.24, 2.45) is 0 Å². The largest absolute Gasteiger partial charge is 0.369 e. The fraction of sp³-hybridized carbons (Fsp3) is 0.562. The van der Waals surface area contributed by atoms with Crippen LogP contribution in [0, 0.1) is 0 Å². The molecule has 0 unspecified atom stereocenters. The molecule has 0 aliphatic heterocycles. The maximum absolute atomic E-state index is 5.99. The van der Waals surface area contributed by atoms with Crippen molar-refractivity contribution in [3.8, 4) is 0 Å². The Labute approximate surface area is 126 Å². The number of nitrogen functional groups attached to an aromatic ring is 1. The number of nitrogens with zero attached hydrogens (tertiary/aromatic N) is 2. The van der Waals surface area contributed by atoms with Gasteiger partial charge in [-0.15, -0.1) is 0 Å². The Morgan fingerprint density at radius 1 is 1.10 bits per heavy atom. The first-order valence-corrected chi connectivity index (χ1v) is 8.01. The number of anilines is 1. The average molecular weight is 294 g/mol. The summed E-state index contributed by atoms with van der Waals surface area (Å²) in [6.45, 7) is 3.19. The predicted octanol–water partition coefficient (Wildman–Crippen LogP) is 5.02. The summed E-state index contributed by atoms with van der Waals surface area (Å²) in [5.74, 6) is 0.591. The third-order valence-electron chi connectivity index (χ3n) is 3.73. The van der Waals surface area contributed by atoms with Gasteiger partial charge >= 0.3 is 0 Å². The zero-order valence-corrected chi connectivity index (χ0v) is 13.0. The number of aromatic nitrogens is 2. The van der Waals surface area contributed by atoms with Crippen molar-refractivity contribution in [1.29, 1.82) is 0 Å². The Balaban J connectivity index is 1.85. The van der Waals surface area contributed by atoms with Crippen LogP contribution in [0.15, 0.2) is 18.2 Å². The van der Waals surface area contributed by atoms with Gasteiger partial charge in [0, 0.05) is 11.6 Å². The second kappa shape index (κ2) is 7.53. The first-order chi connectivity index (χ1) is 9.72. The number of benzene rings is 1. The van der Waals surface area contributed by atoms with Crippen molar-refractivity contribution >= 4 is 28.6 Å². The van der Waals surface area contributed by atoms with E-state index in [2.05, 4.69) is 16.5 Å². The summed E-state index contributed by atoms with van der Waals surface area (Å²) in [4.78, 5) is 4.37. The standard InChI is InChI=1S/C16H24ClN3/c1-2-3-4-5-6-7-8-11-20-15-10-9-13(17)12-14(15)19-16(20)18/h9-10,12H,2-8,11H2,1H3,(H2,18,19). The van der Waals surface area contributed by atoms with Crippen LogP contribution in [0.2, 0.25) is 5.02 Å². The van der Waals surface area contributed by atoms with Crippen LogP contribution in [-0.2, 0) is 6.54 Å². The minimum atomic E-state index is 0.591. The van der Waals surface area contributed by atoms with Gasteiger partial charge in [0.15, 0.2) is 0 Å². The summed E-state index contributed by atoms with van der Waals surface area (Å²) in [7, 11) is 0. The van der Waals surface area contributed by atoms with Gasteiger partial charge < -0.3 is 10.3 Å². The number of halogens is 1. The fourth-order valence-electron chi connectivity index (χ4n) is 2.58. The van der Waals surface area contributed by atoms with E-state index in [-0.39, 0.29) is 0 Å². The summed E-state index contributed by atoms with van der Waals surface area (Å²) >= 11 is 5.98. The number of aryl methyl sites for hydroxylation is 1. The van der Waals surface area contributed by atoms with E-state index in [1.165, 1.54) is 38.5 Å². The van der Waals surface area contributed by atoms with Gasteiger partial charge in [0.1, 0.15) is 0 Å². The quantitative estimate of drug-likeness (QED) is 0.694. The van der Waals surface area contributed by atoms with Gasteiger partial charge in [0.2, 0.25) is 5.95 Å². The highest BCUT2D eigenvalue weighted by Crippen LogP contribution is 2.22. The number of unbranched alkanes of at least 4 members (excludes halogenated alkanes) is 6. The highest BCUT2D eigenvalue weighted by atomic mass is 35.5. The topological polar surface area (TPSA) is 43.8 Å². The summed E-state index contributed by atoms with van der Waals surface area (Å²) < 4.78 is 2.09. The Morgan fingerprint density at radius 3 is 2.55 bits per heavy atom. The van der Waals surface area contributed by atoms with Crippen molar-refractivity contribution in [1.82, 2.24) is 9.55 Å². The molecular weight excluding hydrogens is 270 g/mol. The molecule has 0 amide bonds. The monoisotopic (exact) mass is 293 g/mol. The van der Waals surface area contributed by atoms with Crippen LogP contribution in [0.5, 0.6) is 0 Å². The predicted molar refractivity (Wildman–Crippen MR) is 87.1 cm³/mol. The van der Waals surface area contributed by atoms with Gasteiger partial charge in [-0.05, 0) is 24.6 Å². The second-order valence-corrected chi connectivity index (χ2v) is 5.81. The van der Waals surface area contributed by atoms with Crippen molar-refractivity contribution in [2.75, 3.05) is 5.73 Å². The molecule has 2 aromatic rings. The molecule has 0 radical (unpaired) electrons. The van der Waals surface area contributed by atoms with Crippen LogP contribution < -0.4 is 5.73 Å². The number of rotatable bonds is 8. The van der Waals surface area contributed by atoms with Crippen LogP contribution in [0.25, 0.3) is 11.0 Å². The lowest BCUT2D eigenvalue weighted by Gasteiger charge is -2.06. The number of hydrogen-bond acceptors (Lipinski definition) is 2. The Hall–Kier alpha value is -1.22. The molecule has 20 heavy (non-hydrogen) atoms. The molecule has 110 valence electrons. The molecular formula is C16H24ClN3. The van der Waals surface area contributed by atoms with Crippen molar-refractivity contribution in [2.45, 2.75) is 58.4 Å². The molecule has 0 atom stereocenters. The Bertz CT molecular complexity index is 548.